The van der Waals surface area contributed by atoms with Gasteiger partial charge in [-0.1, -0.05) is 93.5 Å². The Morgan fingerprint density at radius 3 is 1.93 bits per heavy atom. The fourth-order valence-corrected chi connectivity index (χ4v) is 9.19. The summed E-state index contributed by atoms with van der Waals surface area (Å²) in [7, 11) is 1.45. The minimum Gasteiger partial charge on any atom is -0.425 e. The van der Waals surface area contributed by atoms with E-state index in [0.29, 0.717) is 86.6 Å². The maximum atomic E-state index is 14.7. The molecule has 0 saturated carbocycles. The van der Waals surface area contributed by atoms with Gasteiger partial charge < -0.3 is 34.2 Å². The van der Waals surface area contributed by atoms with Gasteiger partial charge in [0, 0.05) is 35.8 Å². The number of carbonyl (C=O) groups excluding carboxylic acids is 6. The van der Waals surface area contributed by atoms with Crippen molar-refractivity contribution in [2.24, 2.45) is 34.2 Å². The molecule has 5 atom stereocenters. The zero-order chi connectivity index (χ0) is 51.9. The summed E-state index contributed by atoms with van der Waals surface area (Å²) in [5.41, 5.74) is 2.23. The molecular weight excluding hydrogens is 901 g/mol. The van der Waals surface area contributed by atoms with Gasteiger partial charge in [0.2, 0.25) is 11.8 Å². The molecule has 0 spiro atoms. The van der Waals surface area contributed by atoms with Crippen LogP contribution in [0.25, 0.3) is 0 Å². The van der Waals surface area contributed by atoms with Crippen LogP contribution in [-0.2, 0) is 62.5 Å². The van der Waals surface area contributed by atoms with E-state index in [2.05, 4.69) is 15.8 Å². The van der Waals surface area contributed by atoms with Gasteiger partial charge in [-0.05, 0) is 108 Å². The standard InChI is InChI=1S/C57H78N4O10/c1-38(2)29-48(50(63)34-45(31-42-19-15-12-16-20-42)54(66)59-49(30-39(3)4)52(64)57(9)37-70-57)58-53(65)44(23-21-41-17-13-11-14-18-41)33-46(62)36-61(25-27-69-28-26-61)35-43-22-24-51(71-55(67)56(6,7)8)47(32-43)40(5)60-68-10/h11-20,22,24,32,38-39,44-45,48-49H,21,23,25-31,33-37H2,1-10H3,(H-,58,59,65,66)/p+1/b60-40+/t44-,45-,48+,49+,57-/m1/s1. The van der Waals surface area contributed by atoms with E-state index < -0.39 is 46.8 Å². The summed E-state index contributed by atoms with van der Waals surface area (Å²) in [5.74, 6) is -2.83. The highest BCUT2D eigenvalue weighted by Gasteiger charge is 2.50. The Morgan fingerprint density at radius 1 is 0.775 bits per heavy atom. The molecule has 5 rings (SSSR count). The van der Waals surface area contributed by atoms with Crippen LogP contribution in [0.1, 0.15) is 117 Å². The van der Waals surface area contributed by atoms with Crippen molar-refractivity contribution in [1.82, 2.24) is 10.6 Å². The van der Waals surface area contributed by atoms with Gasteiger partial charge in [0.05, 0.1) is 43.0 Å². The highest BCUT2D eigenvalue weighted by atomic mass is 16.6. The Kier molecular flexibility index (Phi) is 20.4. The third kappa shape index (κ3) is 17.3. The number of quaternary nitrogens is 1. The second kappa shape index (κ2) is 25.7. The first-order valence-corrected chi connectivity index (χ1v) is 25.4. The second-order valence-electron chi connectivity index (χ2n) is 21.8. The number of Topliss-reactive ketones (excluding diaryl/α,β-unsaturated/α-hetero) is 3. The molecule has 2 aliphatic heterocycles. The van der Waals surface area contributed by atoms with E-state index >= 15 is 0 Å². The Morgan fingerprint density at radius 2 is 1.35 bits per heavy atom. The van der Waals surface area contributed by atoms with Crippen molar-refractivity contribution in [3.05, 3.63) is 101 Å². The number of hydrogen-bond donors (Lipinski definition) is 2. The smallest absolute Gasteiger partial charge is 0.316 e. The summed E-state index contributed by atoms with van der Waals surface area (Å²) in [6.07, 6.45) is 1.72. The van der Waals surface area contributed by atoms with Crippen molar-refractivity contribution < 1.29 is 52.3 Å². The Bertz CT molecular complexity index is 2310. The van der Waals surface area contributed by atoms with Gasteiger partial charge in [0.15, 0.2) is 17.3 Å². The lowest BCUT2D eigenvalue weighted by Gasteiger charge is -2.41. The molecule has 0 aromatic heterocycles. The minimum atomic E-state index is -0.937. The molecule has 71 heavy (non-hydrogen) atoms. The van der Waals surface area contributed by atoms with Crippen LogP contribution in [0.15, 0.2) is 84.0 Å². The zero-order valence-electron chi connectivity index (χ0n) is 43.8. The first-order valence-electron chi connectivity index (χ1n) is 25.4. The number of esters is 1. The van der Waals surface area contributed by atoms with Crippen molar-refractivity contribution in [2.75, 3.05) is 46.6 Å². The third-order valence-electron chi connectivity index (χ3n) is 13.4. The number of amides is 2. The first-order chi connectivity index (χ1) is 33.6. The van der Waals surface area contributed by atoms with Gasteiger partial charge in [-0.25, -0.2) is 0 Å². The molecule has 2 heterocycles. The number of epoxide rings is 1. The summed E-state index contributed by atoms with van der Waals surface area (Å²) in [4.78, 5) is 89.8. The number of nitrogens with zero attached hydrogens (tertiary/aromatic N) is 2. The van der Waals surface area contributed by atoms with Crippen LogP contribution in [0, 0.1) is 29.1 Å². The van der Waals surface area contributed by atoms with Gasteiger partial charge in [-0.2, -0.15) is 0 Å². The van der Waals surface area contributed by atoms with Crippen LogP contribution in [0.4, 0.5) is 0 Å². The number of carbonyl (C=O) groups is 6. The molecule has 2 aliphatic rings. The van der Waals surface area contributed by atoms with E-state index in [-0.39, 0.29) is 60.9 Å². The van der Waals surface area contributed by atoms with E-state index in [1.807, 2.05) is 100 Å². The average Bonchev–Trinajstić information content (AvgIpc) is 4.08. The number of aryl methyl sites for hydroxylation is 1. The first kappa shape index (κ1) is 56.3. The van der Waals surface area contributed by atoms with E-state index in [9.17, 15) is 28.8 Å². The molecule has 2 saturated heterocycles. The van der Waals surface area contributed by atoms with Gasteiger partial charge >= 0.3 is 5.97 Å². The Labute approximate surface area is 421 Å². The van der Waals surface area contributed by atoms with Crippen molar-refractivity contribution in [2.45, 2.75) is 131 Å². The highest BCUT2D eigenvalue weighted by Crippen LogP contribution is 2.31. The maximum absolute atomic E-state index is 14.7. The van der Waals surface area contributed by atoms with Crippen molar-refractivity contribution >= 4 is 40.8 Å². The van der Waals surface area contributed by atoms with Crippen molar-refractivity contribution in [3.63, 3.8) is 0 Å². The van der Waals surface area contributed by atoms with Crippen molar-refractivity contribution in [1.29, 1.82) is 0 Å². The van der Waals surface area contributed by atoms with Gasteiger partial charge in [0.25, 0.3) is 0 Å². The third-order valence-corrected chi connectivity index (χ3v) is 13.4. The number of benzene rings is 3. The number of nitrogens with one attached hydrogen (secondary N) is 2. The van der Waals surface area contributed by atoms with Crippen LogP contribution in [0.2, 0.25) is 0 Å². The quantitative estimate of drug-likeness (QED) is 0.0191. The maximum Gasteiger partial charge on any atom is 0.316 e. The largest absolute Gasteiger partial charge is 0.425 e. The molecule has 2 N–H and O–H groups in total. The second-order valence-corrected chi connectivity index (χ2v) is 21.8. The highest BCUT2D eigenvalue weighted by molar-refractivity contribution is 6.02. The number of oxime groups is 1. The monoisotopic (exact) mass is 980 g/mol. The lowest BCUT2D eigenvalue weighted by molar-refractivity contribution is -0.940. The molecular formula is C57H79N4O10+. The molecule has 0 unspecified atom stereocenters. The summed E-state index contributed by atoms with van der Waals surface area (Å²) in [5, 5.41) is 10.2. The molecule has 2 fully saturated rings. The normalized spacial score (nSPS) is 18.5. The Balaban J connectivity index is 1.38. The van der Waals surface area contributed by atoms with Gasteiger partial charge in [0.1, 0.15) is 44.6 Å². The number of ketones is 3. The summed E-state index contributed by atoms with van der Waals surface area (Å²) in [6.45, 7) is 19.8. The summed E-state index contributed by atoms with van der Waals surface area (Å²) >= 11 is 0. The van der Waals surface area contributed by atoms with E-state index in [1.165, 1.54) is 7.11 Å². The fourth-order valence-electron chi connectivity index (χ4n) is 9.19. The predicted molar refractivity (Wildman–Crippen MR) is 273 cm³/mol. The number of rotatable bonds is 27. The van der Waals surface area contributed by atoms with E-state index in [1.54, 1.807) is 40.7 Å². The fraction of sp³-hybridized carbons (Fsp3) is 0.561. The number of morpholine rings is 1. The van der Waals surface area contributed by atoms with E-state index in [4.69, 9.17) is 19.0 Å². The van der Waals surface area contributed by atoms with Crippen LogP contribution < -0.4 is 15.4 Å². The molecule has 14 heteroatoms. The van der Waals surface area contributed by atoms with Gasteiger partial charge in [-0.3, -0.25) is 28.8 Å². The molecule has 3 aromatic carbocycles. The molecule has 14 nitrogen and oxygen atoms in total. The lowest BCUT2D eigenvalue weighted by atomic mass is 9.87. The van der Waals surface area contributed by atoms with Crippen LogP contribution in [0.3, 0.4) is 0 Å². The number of ether oxygens (including phenoxy) is 3. The average molecular weight is 980 g/mol. The van der Waals surface area contributed by atoms with Crippen LogP contribution in [0.5, 0.6) is 5.75 Å². The molecule has 0 bridgehead atoms. The molecule has 2 amide bonds. The molecule has 3 aromatic rings. The number of hydrogen-bond acceptors (Lipinski definition) is 11. The minimum absolute atomic E-state index is 0.0118. The van der Waals surface area contributed by atoms with Crippen LogP contribution in [-0.4, -0.2) is 110 Å². The summed E-state index contributed by atoms with van der Waals surface area (Å²) < 4.78 is 17.5. The van der Waals surface area contributed by atoms with E-state index in [0.717, 1.165) is 16.7 Å². The predicted octanol–water partition coefficient (Wildman–Crippen LogP) is 7.80. The molecule has 386 valence electrons. The van der Waals surface area contributed by atoms with Crippen LogP contribution >= 0.6 is 0 Å². The topological polar surface area (TPSA) is 179 Å². The van der Waals surface area contributed by atoms with Crippen molar-refractivity contribution in [3.8, 4) is 5.75 Å². The molecule has 0 radical (unpaired) electrons. The SMILES string of the molecule is CO/N=C(\C)c1cc(C[N+]2(CC(=O)C[C@@H](CCc3ccccc3)C(=O)N[C@@H](CC(C)C)C(=O)C[C@@H](Cc3ccccc3)C(=O)N[C@@H](CC(C)C)C(=O)[C@@]3(C)CO3)CCOCC2)ccc1OC(=O)C(C)(C)C. The zero-order valence-corrected chi connectivity index (χ0v) is 43.8. The van der Waals surface area contributed by atoms with Gasteiger partial charge in [-0.15, -0.1) is 0 Å². The Hall–Kier alpha value is -5.57. The summed E-state index contributed by atoms with van der Waals surface area (Å²) in [6, 6.07) is 23.1. The molecule has 0 aliphatic carbocycles. The lowest BCUT2D eigenvalue weighted by Crippen LogP contribution is -2.57.